The second-order valence-corrected chi connectivity index (χ2v) is 7.46. The van der Waals surface area contributed by atoms with Crippen LogP contribution in [0, 0.1) is 11.6 Å². The summed E-state index contributed by atoms with van der Waals surface area (Å²) in [4.78, 5) is 8.59. The van der Waals surface area contributed by atoms with Crippen LogP contribution in [0.25, 0.3) is 22.4 Å². The predicted octanol–water partition coefficient (Wildman–Crippen LogP) is 5.40. The zero-order valence-electron chi connectivity index (χ0n) is 17.7. The molecule has 0 aliphatic carbocycles. The topological polar surface area (TPSA) is 120 Å². The number of nitrogen functional groups attached to an aromatic ring is 2. The summed E-state index contributed by atoms with van der Waals surface area (Å²) in [5.41, 5.74) is 14.2. The number of nitrogens with zero attached hydrogens (tertiary/aromatic N) is 6. The molecular weight excluding hydrogens is 438 g/mol. The molecule has 0 fully saturated rings. The predicted molar refractivity (Wildman–Crippen MR) is 126 cm³/mol. The Hall–Kier alpha value is -4.73. The van der Waals surface area contributed by atoms with Crippen molar-refractivity contribution in [2.24, 2.45) is 10.2 Å². The summed E-state index contributed by atoms with van der Waals surface area (Å²) in [6.07, 6.45) is 0. The summed E-state index contributed by atoms with van der Waals surface area (Å²) in [7, 11) is 0. The Balaban J connectivity index is 1.58. The van der Waals surface area contributed by atoms with Crippen molar-refractivity contribution in [2.45, 2.75) is 6.54 Å². The van der Waals surface area contributed by atoms with Crippen molar-refractivity contribution in [1.29, 1.82) is 0 Å². The maximum atomic E-state index is 14.2. The fraction of sp³-hybridized carbons (Fsp3) is 0.0417. The van der Waals surface area contributed by atoms with Gasteiger partial charge in [0.25, 0.3) is 0 Å². The summed E-state index contributed by atoms with van der Waals surface area (Å²) in [6.45, 7) is 0.128. The Labute approximate surface area is 192 Å². The van der Waals surface area contributed by atoms with Crippen LogP contribution in [0.2, 0.25) is 0 Å². The molecule has 3 aromatic carbocycles. The van der Waals surface area contributed by atoms with Crippen molar-refractivity contribution in [3.8, 4) is 11.5 Å². The molecule has 10 heteroatoms. The molecule has 0 bridgehead atoms. The molecule has 0 saturated heterocycles. The van der Waals surface area contributed by atoms with Crippen LogP contribution >= 0.6 is 0 Å². The summed E-state index contributed by atoms with van der Waals surface area (Å²) < 4.78 is 29.9. The average molecular weight is 456 g/mol. The number of fused-ring (bicyclic) bond motifs is 1. The summed E-state index contributed by atoms with van der Waals surface area (Å²) in [6, 6.07) is 19.6. The molecule has 0 atom stereocenters. The van der Waals surface area contributed by atoms with Gasteiger partial charge in [0.15, 0.2) is 23.1 Å². The van der Waals surface area contributed by atoms with E-state index in [9.17, 15) is 8.78 Å². The first-order valence-corrected chi connectivity index (χ1v) is 10.3. The van der Waals surface area contributed by atoms with E-state index in [1.54, 1.807) is 41.1 Å². The molecule has 0 aliphatic rings. The van der Waals surface area contributed by atoms with Crippen LogP contribution in [0.1, 0.15) is 5.56 Å². The Morgan fingerprint density at radius 2 is 1.53 bits per heavy atom. The normalized spacial score (nSPS) is 11.5. The highest BCUT2D eigenvalue weighted by Gasteiger charge is 2.19. The zero-order valence-corrected chi connectivity index (χ0v) is 17.7. The number of aromatic nitrogens is 4. The van der Waals surface area contributed by atoms with Crippen molar-refractivity contribution in [3.05, 3.63) is 90.0 Å². The summed E-state index contributed by atoms with van der Waals surface area (Å²) in [5.74, 6) is -0.747. The van der Waals surface area contributed by atoms with Crippen LogP contribution in [0.15, 0.2) is 83.0 Å². The quantitative estimate of drug-likeness (QED) is 0.343. The van der Waals surface area contributed by atoms with E-state index in [2.05, 4.69) is 25.3 Å². The van der Waals surface area contributed by atoms with Gasteiger partial charge in [0.2, 0.25) is 0 Å². The standard InChI is InChI=1S/C24H18F2N8/c25-15-10-11-19-17(12-15)20(33-34(19)13-14-6-4-5-9-18(14)26)24-29-22(27)21(23(28)30-24)32-31-16-7-2-1-3-8-16/h1-12H,13H2,(H4,27,28,29,30). The molecule has 0 aliphatic heterocycles. The molecule has 0 saturated carbocycles. The van der Waals surface area contributed by atoms with E-state index < -0.39 is 5.82 Å². The summed E-state index contributed by atoms with van der Waals surface area (Å²) >= 11 is 0. The van der Waals surface area contributed by atoms with E-state index in [1.807, 2.05) is 18.2 Å². The zero-order chi connectivity index (χ0) is 23.7. The lowest BCUT2D eigenvalue weighted by Crippen LogP contribution is -2.05. The third-order valence-electron chi connectivity index (χ3n) is 5.16. The lowest BCUT2D eigenvalue weighted by atomic mass is 10.2. The molecular formula is C24H18F2N8. The molecule has 168 valence electrons. The molecule has 4 N–H and O–H groups in total. The van der Waals surface area contributed by atoms with Gasteiger partial charge in [-0.25, -0.2) is 18.7 Å². The van der Waals surface area contributed by atoms with Crippen molar-refractivity contribution < 1.29 is 8.78 Å². The van der Waals surface area contributed by atoms with Crippen LogP contribution in [0.3, 0.4) is 0 Å². The fourth-order valence-electron chi connectivity index (χ4n) is 3.53. The maximum absolute atomic E-state index is 14.2. The number of nitrogens with two attached hydrogens (primary N) is 2. The van der Waals surface area contributed by atoms with Gasteiger partial charge in [-0.1, -0.05) is 36.4 Å². The third-order valence-corrected chi connectivity index (χ3v) is 5.16. The van der Waals surface area contributed by atoms with Crippen LogP contribution in [0.4, 0.5) is 31.8 Å². The molecule has 0 spiro atoms. The van der Waals surface area contributed by atoms with Crippen LogP contribution in [0.5, 0.6) is 0 Å². The Kier molecular flexibility index (Phi) is 5.38. The minimum absolute atomic E-state index is 0.00427. The first kappa shape index (κ1) is 21.1. The first-order valence-electron chi connectivity index (χ1n) is 10.3. The fourth-order valence-corrected chi connectivity index (χ4v) is 3.53. The van der Waals surface area contributed by atoms with E-state index in [4.69, 9.17) is 11.5 Å². The molecule has 0 amide bonds. The molecule has 5 aromatic rings. The molecule has 2 aromatic heterocycles. The van der Waals surface area contributed by atoms with Crippen LogP contribution in [-0.4, -0.2) is 19.7 Å². The molecule has 8 nitrogen and oxygen atoms in total. The van der Waals surface area contributed by atoms with Gasteiger partial charge in [-0.15, -0.1) is 5.11 Å². The summed E-state index contributed by atoms with van der Waals surface area (Å²) in [5, 5.41) is 13.2. The van der Waals surface area contributed by atoms with Crippen molar-refractivity contribution in [1.82, 2.24) is 19.7 Å². The number of hydrogen-bond donors (Lipinski definition) is 2. The molecule has 0 radical (unpaired) electrons. The van der Waals surface area contributed by atoms with E-state index >= 15 is 0 Å². The largest absolute Gasteiger partial charge is 0.382 e. The Morgan fingerprint density at radius 1 is 0.824 bits per heavy atom. The Morgan fingerprint density at radius 3 is 2.26 bits per heavy atom. The number of anilines is 2. The molecule has 2 heterocycles. The van der Waals surface area contributed by atoms with Gasteiger partial charge in [-0.3, -0.25) is 4.68 Å². The number of azo groups is 1. The number of hydrogen-bond acceptors (Lipinski definition) is 7. The molecule has 34 heavy (non-hydrogen) atoms. The first-order chi connectivity index (χ1) is 16.5. The van der Waals surface area contributed by atoms with Gasteiger partial charge >= 0.3 is 0 Å². The number of rotatable bonds is 5. The minimum Gasteiger partial charge on any atom is -0.382 e. The highest BCUT2D eigenvalue weighted by atomic mass is 19.1. The molecule has 0 unspecified atom stereocenters. The lowest BCUT2D eigenvalue weighted by molar-refractivity contribution is 0.590. The van der Waals surface area contributed by atoms with Gasteiger partial charge in [0, 0.05) is 10.9 Å². The van der Waals surface area contributed by atoms with Gasteiger partial charge < -0.3 is 11.5 Å². The number of halogens is 2. The van der Waals surface area contributed by atoms with Crippen molar-refractivity contribution in [3.63, 3.8) is 0 Å². The van der Waals surface area contributed by atoms with Gasteiger partial charge in [0.05, 0.1) is 17.7 Å². The second kappa shape index (κ2) is 8.66. The Bertz CT molecular complexity index is 1510. The maximum Gasteiger partial charge on any atom is 0.184 e. The van der Waals surface area contributed by atoms with E-state index in [-0.39, 0.29) is 41.2 Å². The van der Waals surface area contributed by atoms with Crippen molar-refractivity contribution >= 4 is 33.9 Å². The highest BCUT2D eigenvalue weighted by Crippen LogP contribution is 2.33. The van der Waals surface area contributed by atoms with Gasteiger partial charge in [-0.05, 0) is 36.4 Å². The van der Waals surface area contributed by atoms with Gasteiger partial charge in [-0.2, -0.15) is 10.2 Å². The van der Waals surface area contributed by atoms with E-state index in [1.165, 1.54) is 18.2 Å². The third kappa shape index (κ3) is 4.04. The highest BCUT2D eigenvalue weighted by molar-refractivity contribution is 5.92. The SMILES string of the molecule is Nc1nc(-c2nn(Cc3ccccc3F)c3ccc(F)cc23)nc(N)c1N=Nc1ccccc1. The average Bonchev–Trinajstić information content (AvgIpc) is 3.18. The van der Waals surface area contributed by atoms with E-state index in [0.717, 1.165) is 0 Å². The number of benzene rings is 3. The second-order valence-electron chi connectivity index (χ2n) is 7.46. The lowest BCUT2D eigenvalue weighted by Gasteiger charge is -2.05. The smallest absolute Gasteiger partial charge is 0.184 e. The van der Waals surface area contributed by atoms with Crippen LogP contribution in [-0.2, 0) is 6.54 Å². The van der Waals surface area contributed by atoms with E-state index in [0.29, 0.717) is 22.2 Å². The minimum atomic E-state index is -0.464. The van der Waals surface area contributed by atoms with Crippen LogP contribution < -0.4 is 11.5 Å². The monoisotopic (exact) mass is 456 g/mol. The van der Waals surface area contributed by atoms with Gasteiger partial charge in [0.1, 0.15) is 17.3 Å². The van der Waals surface area contributed by atoms with Crippen molar-refractivity contribution in [2.75, 3.05) is 11.5 Å². The molecule has 5 rings (SSSR count).